The molecule has 1 fully saturated rings. The highest BCUT2D eigenvalue weighted by molar-refractivity contribution is 9.10. The molecule has 140 valence electrons. The lowest BCUT2D eigenvalue weighted by Gasteiger charge is -2.34. The number of sulfonamides is 1. The van der Waals surface area contributed by atoms with Gasteiger partial charge in [-0.15, -0.1) is 0 Å². The van der Waals surface area contributed by atoms with Gasteiger partial charge in [0.25, 0.3) is 0 Å². The zero-order valence-electron chi connectivity index (χ0n) is 13.4. The molecule has 10 heteroatoms. The fourth-order valence-corrected chi connectivity index (χ4v) is 4.34. The Morgan fingerprint density at radius 1 is 0.962 bits per heavy atom. The standard InChI is InChI=1S/C16H15BrF3N3O2S/c17-13-2-4-14(5-3-13)26(24,25)23-9-7-22(8-10-23)15-6-1-12(11-21-15)16(18,19)20/h1-6,11H,7-10H2. The number of anilines is 1. The van der Waals surface area contributed by atoms with Crippen LogP contribution in [-0.4, -0.2) is 43.9 Å². The number of halogens is 4. The average molecular weight is 450 g/mol. The summed E-state index contributed by atoms with van der Waals surface area (Å²) in [5.41, 5.74) is -0.808. The zero-order valence-corrected chi connectivity index (χ0v) is 15.9. The van der Waals surface area contributed by atoms with E-state index in [2.05, 4.69) is 20.9 Å². The molecular formula is C16H15BrF3N3O2S. The lowest BCUT2D eigenvalue weighted by molar-refractivity contribution is -0.137. The third kappa shape index (κ3) is 4.02. The number of rotatable bonds is 3. The number of hydrogen-bond donors (Lipinski definition) is 0. The maximum absolute atomic E-state index is 12.6. The number of alkyl halides is 3. The number of pyridine rings is 1. The van der Waals surface area contributed by atoms with Crippen molar-refractivity contribution < 1.29 is 21.6 Å². The Morgan fingerprint density at radius 3 is 2.08 bits per heavy atom. The van der Waals surface area contributed by atoms with E-state index in [-0.39, 0.29) is 18.0 Å². The smallest absolute Gasteiger partial charge is 0.354 e. The van der Waals surface area contributed by atoms with Crippen molar-refractivity contribution in [3.63, 3.8) is 0 Å². The van der Waals surface area contributed by atoms with Gasteiger partial charge in [-0.05, 0) is 36.4 Å². The van der Waals surface area contributed by atoms with Gasteiger partial charge in [0.2, 0.25) is 10.0 Å². The summed E-state index contributed by atoms with van der Waals surface area (Å²) in [6.07, 6.45) is -3.64. The maximum atomic E-state index is 12.6. The number of hydrogen-bond acceptors (Lipinski definition) is 4. The summed E-state index contributed by atoms with van der Waals surface area (Å²) in [5.74, 6) is 0.402. The summed E-state index contributed by atoms with van der Waals surface area (Å²) in [6, 6.07) is 8.67. The van der Waals surface area contributed by atoms with Crippen LogP contribution in [0.25, 0.3) is 0 Å². The van der Waals surface area contributed by atoms with Gasteiger partial charge in [0.15, 0.2) is 0 Å². The van der Waals surface area contributed by atoms with E-state index >= 15 is 0 Å². The molecule has 0 amide bonds. The van der Waals surface area contributed by atoms with Crippen molar-refractivity contribution in [1.29, 1.82) is 0 Å². The molecule has 0 N–H and O–H groups in total. The van der Waals surface area contributed by atoms with Crippen LogP contribution in [0.2, 0.25) is 0 Å². The fourth-order valence-electron chi connectivity index (χ4n) is 2.65. The second-order valence-corrected chi connectivity index (χ2v) is 8.60. The average Bonchev–Trinajstić information content (AvgIpc) is 2.62. The second-order valence-electron chi connectivity index (χ2n) is 5.75. The molecule has 0 radical (unpaired) electrons. The van der Waals surface area contributed by atoms with E-state index in [1.165, 1.54) is 22.5 Å². The third-order valence-corrected chi connectivity index (χ3v) is 6.53. The molecule has 0 unspecified atom stereocenters. The number of aromatic nitrogens is 1. The highest BCUT2D eigenvalue weighted by Crippen LogP contribution is 2.29. The predicted octanol–water partition coefficient (Wildman–Crippen LogP) is 3.37. The summed E-state index contributed by atoms with van der Waals surface area (Å²) >= 11 is 3.27. The van der Waals surface area contributed by atoms with Gasteiger partial charge in [-0.3, -0.25) is 0 Å². The van der Waals surface area contributed by atoms with Crippen molar-refractivity contribution in [3.05, 3.63) is 52.6 Å². The minimum atomic E-state index is -4.43. The highest BCUT2D eigenvalue weighted by atomic mass is 79.9. The fraction of sp³-hybridized carbons (Fsp3) is 0.312. The van der Waals surface area contributed by atoms with Crippen LogP contribution in [0.5, 0.6) is 0 Å². The largest absolute Gasteiger partial charge is 0.417 e. The molecular weight excluding hydrogens is 435 g/mol. The first-order valence-corrected chi connectivity index (χ1v) is 9.95. The number of piperazine rings is 1. The first kappa shape index (κ1) is 19.1. The summed E-state index contributed by atoms with van der Waals surface area (Å²) in [4.78, 5) is 5.84. The highest BCUT2D eigenvalue weighted by Gasteiger charge is 2.32. The van der Waals surface area contributed by atoms with Gasteiger partial charge in [0.1, 0.15) is 5.82 Å². The van der Waals surface area contributed by atoms with Gasteiger partial charge in [-0.1, -0.05) is 15.9 Å². The van der Waals surface area contributed by atoms with E-state index in [4.69, 9.17) is 0 Å². The molecule has 0 saturated carbocycles. The van der Waals surface area contributed by atoms with E-state index in [0.29, 0.717) is 18.9 Å². The Hall–Kier alpha value is -1.65. The molecule has 1 saturated heterocycles. The number of benzene rings is 1. The van der Waals surface area contributed by atoms with Crippen molar-refractivity contribution in [2.45, 2.75) is 11.1 Å². The van der Waals surface area contributed by atoms with Crippen LogP contribution in [0.3, 0.4) is 0 Å². The van der Waals surface area contributed by atoms with E-state index in [1.807, 2.05) is 0 Å². The zero-order chi connectivity index (χ0) is 18.9. The van der Waals surface area contributed by atoms with Gasteiger partial charge in [0.05, 0.1) is 10.5 Å². The van der Waals surface area contributed by atoms with Crippen LogP contribution in [0, 0.1) is 0 Å². The van der Waals surface area contributed by atoms with Crippen LogP contribution in [0.4, 0.5) is 19.0 Å². The lowest BCUT2D eigenvalue weighted by Crippen LogP contribution is -2.48. The minimum Gasteiger partial charge on any atom is -0.354 e. The van der Waals surface area contributed by atoms with E-state index < -0.39 is 21.8 Å². The van der Waals surface area contributed by atoms with Crippen LogP contribution in [-0.2, 0) is 16.2 Å². The molecule has 1 aromatic carbocycles. The summed E-state index contributed by atoms with van der Waals surface area (Å²) in [5, 5.41) is 0. The Morgan fingerprint density at radius 2 is 1.58 bits per heavy atom. The first-order chi connectivity index (χ1) is 12.2. The van der Waals surface area contributed by atoms with E-state index in [1.54, 1.807) is 17.0 Å². The lowest BCUT2D eigenvalue weighted by atomic mass is 10.2. The van der Waals surface area contributed by atoms with Gasteiger partial charge >= 0.3 is 6.18 Å². The summed E-state index contributed by atoms with van der Waals surface area (Å²) < 4.78 is 65.3. The van der Waals surface area contributed by atoms with Crippen molar-refractivity contribution in [2.75, 3.05) is 31.1 Å². The molecule has 1 aromatic heterocycles. The van der Waals surface area contributed by atoms with Crippen LogP contribution < -0.4 is 4.90 Å². The van der Waals surface area contributed by atoms with Crippen LogP contribution >= 0.6 is 15.9 Å². The van der Waals surface area contributed by atoms with Crippen molar-refractivity contribution >= 4 is 31.8 Å². The molecule has 0 bridgehead atoms. The third-order valence-electron chi connectivity index (χ3n) is 4.09. The molecule has 1 aliphatic heterocycles. The van der Waals surface area contributed by atoms with E-state index in [9.17, 15) is 21.6 Å². The molecule has 2 heterocycles. The van der Waals surface area contributed by atoms with Crippen LogP contribution in [0.15, 0.2) is 52.0 Å². The van der Waals surface area contributed by atoms with Gasteiger partial charge in [-0.2, -0.15) is 17.5 Å². The molecule has 1 aliphatic rings. The van der Waals surface area contributed by atoms with E-state index in [0.717, 1.165) is 16.7 Å². The quantitative estimate of drug-likeness (QED) is 0.720. The predicted molar refractivity (Wildman–Crippen MR) is 94.4 cm³/mol. The molecule has 0 atom stereocenters. The van der Waals surface area contributed by atoms with Crippen LogP contribution in [0.1, 0.15) is 5.56 Å². The van der Waals surface area contributed by atoms with Crippen molar-refractivity contribution in [3.8, 4) is 0 Å². The summed E-state index contributed by atoms with van der Waals surface area (Å²) in [7, 11) is -3.59. The Balaban J connectivity index is 1.68. The Kier molecular flexibility index (Phi) is 5.27. The van der Waals surface area contributed by atoms with Gasteiger partial charge < -0.3 is 4.90 Å². The monoisotopic (exact) mass is 449 g/mol. The maximum Gasteiger partial charge on any atom is 0.417 e. The minimum absolute atomic E-state index is 0.210. The summed E-state index contributed by atoms with van der Waals surface area (Å²) in [6.45, 7) is 1.18. The first-order valence-electron chi connectivity index (χ1n) is 7.72. The Labute approximate surface area is 157 Å². The van der Waals surface area contributed by atoms with Gasteiger partial charge in [0, 0.05) is 36.8 Å². The molecule has 2 aromatic rings. The van der Waals surface area contributed by atoms with Gasteiger partial charge in [-0.25, -0.2) is 13.4 Å². The molecule has 3 rings (SSSR count). The number of nitrogens with zero attached hydrogens (tertiary/aromatic N) is 3. The van der Waals surface area contributed by atoms with Crippen molar-refractivity contribution in [2.24, 2.45) is 0 Å². The van der Waals surface area contributed by atoms with Crippen molar-refractivity contribution in [1.82, 2.24) is 9.29 Å². The molecule has 5 nitrogen and oxygen atoms in total. The molecule has 0 aliphatic carbocycles. The normalized spacial score (nSPS) is 16.7. The SMILES string of the molecule is O=S(=O)(c1ccc(Br)cc1)N1CCN(c2ccc(C(F)(F)F)cn2)CC1. The molecule has 26 heavy (non-hydrogen) atoms. The Bertz CT molecular complexity index is 863. The second kappa shape index (κ2) is 7.16. The topological polar surface area (TPSA) is 53.5 Å². The molecule has 0 spiro atoms.